The van der Waals surface area contributed by atoms with Crippen molar-refractivity contribution in [2.24, 2.45) is 12.8 Å². The number of nitrogen functional groups attached to an aromatic ring is 1. The molecule has 2 aliphatic carbocycles. The Labute approximate surface area is 181 Å². The zero-order chi connectivity index (χ0) is 21.4. The predicted molar refractivity (Wildman–Crippen MR) is 121 cm³/mol. The summed E-state index contributed by atoms with van der Waals surface area (Å²) in [7, 11) is 1.92. The van der Waals surface area contributed by atoms with Gasteiger partial charge in [-0.3, -0.25) is 0 Å². The average molecular weight is 415 g/mol. The largest absolute Gasteiger partial charge is 0.474 e. The van der Waals surface area contributed by atoms with Crippen LogP contribution in [-0.4, -0.2) is 25.6 Å². The minimum absolute atomic E-state index is 0.302. The van der Waals surface area contributed by atoms with Crippen molar-refractivity contribution in [1.29, 1.82) is 0 Å². The molecule has 0 amide bonds. The average Bonchev–Trinajstić information content (AvgIpc) is 3.45. The van der Waals surface area contributed by atoms with Crippen molar-refractivity contribution in [2.75, 3.05) is 5.73 Å². The van der Waals surface area contributed by atoms with E-state index < -0.39 is 0 Å². The molecule has 2 aliphatic rings. The Morgan fingerprint density at radius 3 is 2.61 bits per heavy atom. The number of ether oxygens (including phenoxy) is 1. The van der Waals surface area contributed by atoms with Crippen LogP contribution in [0.5, 0.6) is 5.88 Å². The molecule has 1 unspecified atom stereocenters. The lowest BCUT2D eigenvalue weighted by atomic mass is 10.1. The van der Waals surface area contributed by atoms with Crippen molar-refractivity contribution in [1.82, 2.24) is 19.5 Å². The Morgan fingerprint density at radius 1 is 1.00 bits per heavy atom. The Bertz CT molecular complexity index is 1230. The fourth-order valence-electron chi connectivity index (χ4n) is 3.91. The number of hydrogen-bond donors (Lipinski definition) is 2. The second kappa shape index (κ2) is 8.00. The number of aromatic nitrogens is 4. The molecule has 0 radical (unpaired) electrons. The zero-order valence-corrected chi connectivity index (χ0v) is 17.5. The third-order valence-electron chi connectivity index (χ3n) is 5.76. The van der Waals surface area contributed by atoms with Gasteiger partial charge in [-0.25, -0.2) is 9.97 Å². The quantitative estimate of drug-likeness (QED) is 0.528. The van der Waals surface area contributed by atoms with E-state index in [-0.39, 0.29) is 0 Å². The van der Waals surface area contributed by atoms with Crippen LogP contribution in [0.4, 0.5) is 5.82 Å². The molecule has 3 heterocycles. The zero-order valence-electron chi connectivity index (χ0n) is 17.5. The number of fused-ring (bicyclic) bond motifs is 2. The minimum Gasteiger partial charge on any atom is -0.474 e. The molecule has 0 bridgehead atoms. The maximum atomic E-state index is 5.94. The lowest BCUT2D eigenvalue weighted by Gasteiger charge is -2.05. The summed E-state index contributed by atoms with van der Waals surface area (Å²) in [6, 6.07) is 16.3. The molecule has 1 saturated carbocycles. The molecule has 158 valence electrons. The number of hydrogen-bond acceptors (Lipinski definition) is 6. The Hall–Kier alpha value is -3.45. The topological polar surface area (TPSA) is 105 Å². The third-order valence-corrected chi connectivity index (χ3v) is 5.76. The fourth-order valence-corrected chi connectivity index (χ4v) is 3.91. The van der Waals surface area contributed by atoms with Gasteiger partial charge in [0.1, 0.15) is 23.3 Å². The van der Waals surface area contributed by atoms with Crippen LogP contribution in [0, 0.1) is 0 Å². The number of rotatable bonds is 3. The van der Waals surface area contributed by atoms with Crippen LogP contribution in [0.3, 0.4) is 0 Å². The first kappa shape index (κ1) is 19.5. The van der Waals surface area contributed by atoms with Gasteiger partial charge in [-0.2, -0.15) is 4.98 Å². The van der Waals surface area contributed by atoms with E-state index in [9.17, 15) is 0 Å². The first-order valence-electron chi connectivity index (χ1n) is 10.6. The van der Waals surface area contributed by atoms with Gasteiger partial charge in [-0.1, -0.05) is 24.3 Å². The number of anilines is 1. The van der Waals surface area contributed by atoms with Gasteiger partial charge < -0.3 is 20.8 Å². The third kappa shape index (κ3) is 3.96. The van der Waals surface area contributed by atoms with E-state index in [1.54, 1.807) is 6.20 Å². The van der Waals surface area contributed by atoms with Crippen LogP contribution in [0.1, 0.15) is 36.4 Å². The minimum atomic E-state index is 0.302. The van der Waals surface area contributed by atoms with Gasteiger partial charge in [-0.05, 0) is 55.0 Å². The number of nitrogens with two attached hydrogens (primary N) is 2. The molecule has 1 aromatic carbocycles. The van der Waals surface area contributed by atoms with Crippen LogP contribution in [0.15, 0.2) is 54.7 Å². The van der Waals surface area contributed by atoms with Gasteiger partial charge in [0.05, 0.1) is 5.56 Å². The Balaban J connectivity index is 0.000000171. The maximum absolute atomic E-state index is 5.94. The fraction of sp³-hybridized carbons (Fsp3) is 0.292. The van der Waals surface area contributed by atoms with Gasteiger partial charge in [-0.15, -0.1) is 0 Å². The Morgan fingerprint density at radius 2 is 1.84 bits per heavy atom. The first-order valence-corrected chi connectivity index (χ1v) is 10.6. The van der Waals surface area contributed by atoms with Crippen molar-refractivity contribution >= 4 is 17.0 Å². The van der Waals surface area contributed by atoms with E-state index in [2.05, 4.69) is 39.2 Å². The van der Waals surface area contributed by atoms with Gasteiger partial charge >= 0.3 is 0 Å². The van der Waals surface area contributed by atoms with Crippen LogP contribution in [-0.2, 0) is 13.5 Å². The molecule has 0 saturated heterocycles. The number of pyridine rings is 2. The van der Waals surface area contributed by atoms with E-state index in [0.717, 1.165) is 48.2 Å². The number of imidazole rings is 1. The second-order valence-electron chi connectivity index (χ2n) is 8.08. The van der Waals surface area contributed by atoms with Crippen molar-refractivity contribution in [3.05, 3.63) is 65.9 Å². The molecule has 31 heavy (non-hydrogen) atoms. The lowest BCUT2D eigenvalue weighted by molar-refractivity contribution is 0.292. The van der Waals surface area contributed by atoms with E-state index in [4.69, 9.17) is 16.2 Å². The molecule has 4 N–H and O–H groups in total. The highest BCUT2D eigenvalue weighted by Crippen LogP contribution is 2.30. The first-order chi connectivity index (χ1) is 15.1. The van der Waals surface area contributed by atoms with E-state index in [0.29, 0.717) is 23.8 Å². The maximum Gasteiger partial charge on any atom is 0.215 e. The summed E-state index contributed by atoms with van der Waals surface area (Å²) in [6.45, 7) is 0. The van der Waals surface area contributed by atoms with Crippen molar-refractivity contribution in [2.45, 2.75) is 37.8 Å². The van der Waals surface area contributed by atoms with Crippen LogP contribution < -0.4 is 16.2 Å². The van der Waals surface area contributed by atoms with Crippen LogP contribution in [0.2, 0.25) is 0 Å². The summed E-state index contributed by atoms with van der Waals surface area (Å²) in [6.07, 6.45) is 6.51. The summed E-state index contributed by atoms with van der Waals surface area (Å²) in [5, 5.41) is 0. The van der Waals surface area contributed by atoms with Crippen molar-refractivity contribution < 1.29 is 4.74 Å². The number of benzene rings is 1. The Kier molecular flexibility index (Phi) is 5.03. The van der Waals surface area contributed by atoms with Crippen LogP contribution >= 0.6 is 0 Å². The highest BCUT2D eigenvalue weighted by Gasteiger charge is 2.24. The van der Waals surface area contributed by atoms with E-state index >= 15 is 0 Å². The summed E-state index contributed by atoms with van der Waals surface area (Å²) in [4.78, 5) is 13.3. The molecular formula is C24H26N6O. The summed E-state index contributed by atoms with van der Waals surface area (Å²) < 4.78 is 7.66. The summed E-state index contributed by atoms with van der Waals surface area (Å²) in [5.74, 6) is 1.87. The van der Waals surface area contributed by atoms with E-state index in [1.807, 2.05) is 35.9 Å². The molecule has 0 aliphatic heterocycles. The molecule has 7 nitrogen and oxygen atoms in total. The smallest absolute Gasteiger partial charge is 0.215 e. The summed E-state index contributed by atoms with van der Waals surface area (Å²) in [5.41, 5.74) is 17.0. The standard InChI is InChI=1S/C15H15N5O.C9H11N/c1-20-14(10-3-2-8-17-13(10)16)18-11-6-7-12(19-15(11)20)21-9-4-5-9;10-9-6-5-7-3-1-2-4-8(7)9/h2-3,6-9H,4-5H2,1H3,(H2,16,17);1-4,9H,5-6,10H2. The molecular weight excluding hydrogens is 388 g/mol. The molecule has 6 rings (SSSR count). The van der Waals surface area contributed by atoms with Gasteiger partial charge in [0.25, 0.3) is 0 Å². The van der Waals surface area contributed by atoms with Crippen molar-refractivity contribution in [3.8, 4) is 17.3 Å². The predicted octanol–water partition coefficient (Wildman–Crippen LogP) is 3.79. The summed E-state index contributed by atoms with van der Waals surface area (Å²) >= 11 is 0. The molecule has 3 aromatic heterocycles. The molecule has 4 aromatic rings. The SMILES string of the molecule is Cn1c(-c2cccnc2N)nc2ccc(OC3CC3)nc21.NC1CCc2ccccc21. The highest BCUT2D eigenvalue weighted by atomic mass is 16.5. The van der Waals surface area contributed by atoms with Gasteiger partial charge in [0, 0.05) is 25.4 Å². The molecule has 0 spiro atoms. The normalized spacial score (nSPS) is 17.2. The van der Waals surface area contributed by atoms with Gasteiger partial charge in [0.2, 0.25) is 5.88 Å². The van der Waals surface area contributed by atoms with E-state index in [1.165, 1.54) is 11.1 Å². The second-order valence-corrected chi connectivity index (χ2v) is 8.08. The molecule has 1 fully saturated rings. The van der Waals surface area contributed by atoms with Gasteiger partial charge in [0.15, 0.2) is 5.65 Å². The lowest BCUT2D eigenvalue weighted by Crippen LogP contribution is -2.04. The molecule has 1 atom stereocenters. The monoisotopic (exact) mass is 414 g/mol. The van der Waals surface area contributed by atoms with Crippen molar-refractivity contribution in [3.63, 3.8) is 0 Å². The number of nitrogens with zero attached hydrogens (tertiary/aromatic N) is 4. The molecule has 7 heteroatoms. The van der Waals surface area contributed by atoms with Crippen LogP contribution in [0.25, 0.3) is 22.6 Å². The number of aryl methyl sites for hydroxylation is 2. The highest BCUT2D eigenvalue weighted by molar-refractivity contribution is 5.80.